The number of hydrogen-bond acceptors (Lipinski definition) is 2. The van der Waals surface area contributed by atoms with Gasteiger partial charge in [0.05, 0.1) is 5.56 Å². The van der Waals surface area contributed by atoms with Gasteiger partial charge in [0.25, 0.3) is 5.91 Å². The molecule has 1 aromatic rings. The van der Waals surface area contributed by atoms with Gasteiger partial charge in [-0.2, -0.15) is 0 Å². The van der Waals surface area contributed by atoms with Gasteiger partial charge in [0, 0.05) is 6.04 Å². The number of hydrogen-bond donors (Lipinski definition) is 2. The molecule has 0 spiro atoms. The van der Waals surface area contributed by atoms with Crippen molar-refractivity contribution in [3.63, 3.8) is 0 Å². The number of carbonyl (C=O) groups is 1. The van der Waals surface area contributed by atoms with E-state index in [-0.39, 0.29) is 29.9 Å². The first kappa shape index (κ1) is 15.9. The highest BCUT2D eigenvalue weighted by atomic mass is 35.5. The minimum absolute atomic E-state index is 0. The van der Waals surface area contributed by atoms with Crippen LogP contribution in [0.1, 0.15) is 35.2 Å². The molecule has 5 heteroatoms. The van der Waals surface area contributed by atoms with Crippen LogP contribution in [0.25, 0.3) is 0 Å². The summed E-state index contributed by atoms with van der Waals surface area (Å²) < 4.78 is 13.7. The fraction of sp³-hybridized carbons (Fsp3) is 0.500. The normalized spacial score (nSPS) is 21.8. The van der Waals surface area contributed by atoms with Crippen LogP contribution in [0.4, 0.5) is 4.39 Å². The van der Waals surface area contributed by atoms with Gasteiger partial charge in [0.2, 0.25) is 0 Å². The van der Waals surface area contributed by atoms with Crippen LogP contribution in [0, 0.1) is 18.7 Å². The number of benzene rings is 1. The number of amides is 1. The topological polar surface area (TPSA) is 55.1 Å². The molecule has 1 amide bonds. The second-order valence-electron chi connectivity index (χ2n) is 4.99. The Balaban J connectivity index is 0.00000180. The van der Waals surface area contributed by atoms with Crippen LogP contribution in [0.3, 0.4) is 0 Å². The third-order valence-electron chi connectivity index (χ3n) is 3.65. The van der Waals surface area contributed by atoms with Gasteiger partial charge >= 0.3 is 0 Å². The number of nitrogens with one attached hydrogen (secondary N) is 1. The predicted octanol–water partition coefficient (Wildman–Crippen LogP) is 2.41. The molecule has 3 nitrogen and oxygen atoms in total. The van der Waals surface area contributed by atoms with Gasteiger partial charge in [-0.3, -0.25) is 4.79 Å². The summed E-state index contributed by atoms with van der Waals surface area (Å²) in [4.78, 5) is 12.0. The summed E-state index contributed by atoms with van der Waals surface area (Å²) in [5, 5.41) is 2.90. The van der Waals surface area contributed by atoms with Crippen LogP contribution in [0.15, 0.2) is 18.2 Å². The summed E-state index contributed by atoms with van der Waals surface area (Å²) in [6.07, 6.45) is 3.04. The first-order valence-electron chi connectivity index (χ1n) is 6.39. The third-order valence-corrected chi connectivity index (χ3v) is 3.65. The standard InChI is InChI=1S/C14H19FN2O.ClH/c1-9-5-6-11(12(15)7-9)14(18)17-13-4-2-3-10(13)8-16;/h5-7,10,13H,2-4,8,16H2,1H3,(H,17,18);1H. The van der Waals surface area contributed by atoms with E-state index in [9.17, 15) is 9.18 Å². The maximum absolute atomic E-state index is 13.7. The van der Waals surface area contributed by atoms with Crippen LogP contribution in [0.2, 0.25) is 0 Å². The van der Waals surface area contributed by atoms with E-state index in [1.807, 2.05) is 0 Å². The van der Waals surface area contributed by atoms with Crippen LogP contribution >= 0.6 is 12.4 Å². The summed E-state index contributed by atoms with van der Waals surface area (Å²) in [5.41, 5.74) is 6.59. The van der Waals surface area contributed by atoms with Crippen molar-refractivity contribution in [1.82, 2.24) is 5.32 Å². The van der Waals surface area contributed by atoms with Crippen LogP contribution in [0.5, 0.6) is 0 Å². The van der Waals surface area contributed by atoms with Crippen molar-refractivity contribution < 1.29 is 9.18 Å². The van der Waals surface area contributed by atoms with Gasteiger partial charge in [-0.1, -0.05) is 12.5 Å². The Morgan fingerprint density at radius 2 is 2.21 bits per heavy atom. The van der Waals surface area contributed by atoms with E-state index < -0.39 is 5.82 Å². The molecular formula is C14H20ClFN2O. The van der Waals surface area contributed by atoms with Crippen LogP contribution in [-0.2, 0) is 0 Å². The molecule has 1 aromatic carbocycles. The molecular weight excluding hydrogens is 267 g/mol. The molecule has 0 radical (unpaired) electrons. The van der Waals surface area contributed by atoms with Crippen molar-refractivity contribution in [2.45, 2.75) is 32.2 Å². The first-order valence-corrected chi connectivity index (χ1v) is 6.39. The lowest BCUT2D eigenvalue weighted by molar-refractivity contribution is 0.0924. The molecule has 1 aliphatic rings. The molecule has 3 N–H and O–H groups in total. The summed E-state index contributed by atoms with van der Waals surface area (Å²) in [6, 6.07) is 4.74. The van der Waals surface area contributed by atoms with Crippen LogP contribution in [-0.4, -0.2) is 18.5 Å². The quantitative estimate of drug-likeness (QED) is 0.896. The molecule has 0 aliphatic heterocycles. The Labute approximate surface area is 119 Å². The van der Waals surface area contributed by atoms with Crippen molar-refractivity contribution in [3.8, 4) is 0 Å². The highest BCUT2D eigenvalue weighted by Crippen LogP contribution is 2.25. The molecule has 0 heterocycles. The average molecular weight is 287 g/mol. The second kappa shape index (κ2) is 6.87. The minimum atomic E-state index is -0.463. The Morgan fingerprint density at radius 1 is 1.47 bits per heavy atom. The first-order chi connectivity index (χ1) is 8.61. The maximum atomic E-state index is 13.7. The Kier molecular flexibility index (Phi) is 5.76. The van der Waals surface area contributed by atoms with E-state index >= 15 is 0 Å². The van der Waals surface area contributed by atoms with Crippen molar-refractivity contribution in [2.75, 3.05) is 6.54 Å². The van der Waals surface area contributed by atoms with Gasteiger partial charge in [0.15, 0.2) is 0 Å². The van der Waals surface area contributed by atoms with Gasteiger partial charge in [0.1, 0.15) is 5.82 Å². The van der Waals surface area contributed by atoms with Crippen LogP contribution < -0.4 is 11.1 Å². The molecule has 106 valence electrons. The largest absolute Gasteiger partial charge is 0.349 e. The van der Waals surface area contributed by atoms with Gasteiger partial charge in [-0.05, 0) is 49.9 Å². The zero-order chi connectivity index (χ0) is 13.1. The molecule has 19 heavy (non-hydrogen) atoms. The molecule has 1 fully saturated rings. The summed E-state index contributed by atoms with van der Waals surface area (Å²) in [5.74, 6) is -0.477. The summed E-state index contributed by atoms with van der Waals surface area (Å²) >= 11 is 0. The van der Waals surface area contributed by atoms with E-state index in [0.717, 1.165) is 24.8 Å². The number of aryl methyl sites for hydroxylation is 1. The van der Waals surface area contributed by atoms with Crippen molar-refractivity contribution in [2.24, 2.45) is 11.7 Å². The minimum Gasteiger partial charge on any atom is -0.349 e. The summed E-state index contributed by atoms with van der Waals surface area (Å²) in [6.45, 7) is 2.37. The van der Waals surface area contributed by atoms with Crippen molar-refractivity contribution in [1.29, 1.82) is 0 Å². The number of carbonyl (C=O) groups excluding carboxylic acids is 1. The van der Waals surface area contributed by atoms with E-state index in [1.54, 1.807) is 13.0 Å². The Hall–Kier alpha value is -1.13. The van der Waals surface area contributed by atoms with Gasteiger partial charge in [-0.25, -0.2) is 4.39 Å². The molecule has 2 atom stereocenters. The van der Waals surface area contributed by atoms with Crippen molar-refractivity contribution >= 4 is 18.3 Å². The second-order valence-corrected chi connectivity index (χ2v) is 4.99. The van der Waals surface area contributed by atoms with Gasteiger partial charge < -0.3 is 11.1 Å². The predicted molar refractivity (Wildman–Crippen MR) is 76.0 cm³/mol. The molecule has 0 aromatic heterocycles. The smallest absolute Gasteiger partial charge is 0.254 e. The zero-order valence-corrected chi connectivity index (χ0v) is 11.8. The molecule has 2 rings (SSSR count). The zero-order valence-electron chi connectivity index (χ0n) is 11.0. The highest BCUT2D eigenvalue weighted by Gasteiger charge is 2.28. The lowest BCUT2D eigenvalue weighted by atomic mass is 10.0. The maximum Gasteiger partial charge on any atom is 0.254 e. The Morgan fingerprint density at radius 3 is 2.84 bits per heavy atom. The van der Waals surface area contributed by atoms with Gasteiger partial charge in [-0.15, -0.1) is 12.4 Å². The van der Waals surface area contributed by atoms with E-state index in [2.05, 4.69) is 5.32 Å². The molecule has 0 bridgehead atoms. The van der Waals surface area contributed by atoms with E-state index in [1.165, 1.54) is 12.1 Å². The molecule has 1 saturated carbocycles. The number of halogens is 2. The Bertz CT molecular complexity index is 453. The monoisotopic (exact) mass is 286 g/mol. The average Bonchev–Trinajstić information content (AvgIpc) is 2.76. The fourth-order valence-electron chi connectivity index (χ4n) is 2.56. The lowest BCUT2D eigenvalue weighted by Crippen LogP contribution is -2.40. The third kappa shape index (κ3) is 3.67. The molecule has 1 aliphatic carbocycles. The molecule has 0 saturated heterocycles. The van der Waals surface area contributed by atoms with Crippen molar-refractivity contribution in [3.05, 3.63) is 35.1 Å². The lowest BCUT2D eigenvalue weighted by Gasteiger charge is -2.19. The van der Waals surface area contributed by atoms with E-state index in [0.29, 0.717) is 12.5 Å². The number of rotatable bonds is 3. The summed E-state index contributed by atoms with van der Waals surface area (Å²) in [7, 11) is 0. The highest BCUT2D eigenvalue weighted by molar-refractivity contribution is 5.94. The number of nitrogens with two attached hydrogens (primary N) is 1. The fourth-order valence-corrected chi connectivity index (χ4v) is 2.56. The van der Waals surface area contributed by atoms with E-state index in [4.69, 9.17) is 5.73 Å². The SMILES string of the molecule is Cc1ccc(C(=O)NC2CCCC2CN)c(F)c1.Cl. The molecule has 2 unspecified atom stereocenters.